The van der Waals surface area contributed by atoms with Crippen LogP contribution >= 0.6 is 15.9 Å². The summed E-state index contributed by atoms with van der Waals surface area (Å²) in [5, 5.41) is 2.91. The molecule has 5 nitrogen and oxygen atoms in total. The van der Waals surface area contributed by atoms with Crippen LogP contribution < -0.4 is 19.7 Å². The summed E-state index contributed by atoms with van der Waals surface area (Å²) in [4.78, 5) is 13.4. The predicted octanol–water partition coefficient (Wildman–Crippen LogP) is 2.38. The van der Waals surface area contributed by atoms with Gasteiger partial charge in [0.05, 0.1) is 13.7 Å². The maximum absolute atomic E-state index is 12.2. The first-order valence-corrected chi connectivity index (χ1v) is 9.06. The highest BCUT2D eigenvalue weighted by molar-refractivity contribution is 9.10. The number of benzene rings is 2. The number of quaternary nitrogens is 1. The van der Waals surface area contributed by atoms with Crippen LogP contribution in [-0.2, 0) is 4.79 Å². The summed E-state index contributed by atoms with van der Waals surface area (Å²) in [6, 6.07) is 15.1. The molecule has 0 radical (unpaired) electrons. The molecule has 1 atom stereocenters. The molecule has 0 fully saturated rings. The van der Waals surface area contributed by atoms with Gasteiger partial charge in [-0.3, -0.25) is 4.79 Å². The highest BCUT2D eigenvalue weighted by atomic mass is 79.9. The second-order valence-electron chi connectivity index (χ2n) is 5.62. The number of rotatable bonds is 9. The molecule has 2 aromatic carbocycles. The smallest absolute Gasteiger partial charge is 0.279 e. The van der Waals surface area contributed by atoms with Gasteiger partial charge in [-0.1, -0.05) is 28.1 Å². The van der Waals surface area contributed by atoms with E-state index in [1.165, 1.54) is 0 Å². The van der Waals surface area contributed by atoms with Crippen molar-refractivity contribution >= 4 is 27.5 Å². The molecule has 6 heteroatoms. The van der Waals surface area contributed by atoms with Crippen LogP contribution in [0, 0.1) is 0 Å². The molecule has 134 valence electrons. The minimum atomic E-state index is -0.0208. The molecule has 0 spiro atoms. The van der Waals surface area contributed by atoms with Gasteiger partial charge < -0.3 is 19.7 Å². The standard InChI is InChI=1S/C19H23BrN2O3/c1-3-22(10-11-25-18-9-4-6-15(20)12-18)14-19(23)21-16-7-5-8-17(13-16)24-2/h4-9,12-13H,3,10-11,14H2,1-2H3,(H,21,23)/p+1. The number of hydrogen-bond donors (Lipinski definition) is 2. The van der Waals surface area contributed by atoms with Crippen LogP contribution in [0.1, 0.15) is 6.92 Å². The Morgan fingerprint density at radius 1 is 1.16 bits per heavy atom. The Kier molecular flexibility index (Phi) is 7.76. The van der Waals surface area contributed by atoms with Gasteiger partial charge in [0.1, 0.15) is 24.7 Å². The number of amides is 1. The third kappa shape index (κ3) is 6.76. The van der Waals surface area contributed by atoms with Crippen LogP contribution in [0.5, 0.6) is 11.5 Å². The van der Waals surface area contributed by atoms with E-state index < -0.39 is 0 Å². The number of anilines is 1. The molecule has 0 saturated heterocycles. The molecule has 0 saturated carbocycles. The van der Waals surface area contributed by atoms with Gasteiger partial charge >= 0.3 is 0 Å². The Morgan fingerprint density at radius 3 is 2.64 bits per heavy atom. The van der Waals surface area contributed by atoms with Gasteiger partial charge in [0.25, 0.3) is 5.91 Å². The zero-order valence-electron chi connectivity index (χ0n) is 14.5. The van der Waals surface area contributed by atoms with E-state index in [0.29, 0.717) is 13.2 Å². The molecule has 0 aliphatic heterocycles. The molecule has 1 amide bonds. The maximum Gasteiger partial charge on any atom is 0.279 e. The SMILES string of the molecule is CC[NH+](CCOc1cccc(Br)c1)CC(=O)Nc1cccc(OC)c1. The molecule has 2 aromatic rings. The number of carbonyl (C=O) groups is 1. The van der Waals surface area contributed by atoms with E-state index >= 15 is 0 Å². The highest BCUT2D eigenvalue weighted by Crippen LogP contribution is 2.17. The largest absolute Gasteiger partial charge is 0.497 e. The third-order valence-corrected chi connectivity index (χ3v) is 4.28. The van der Waals surface area contributed by atoms with Crippen molar-refractivity contribution in [3.8, 4) is 11.5 Å². The summed E-state index contributed by atoms with van der Waals surface area (Å²) in [5.74, 6) is 1.53. The lowest BCUT2D eigenvalue weighted by atomic mass is 10.3. The van der Waals surface area contributed by atoms with Gasteiger partial charge in [0.2, 0.25) is 0 Å². The van der Waals surface area contributed by atoms with E-state index in [9.17, 15) is 4.79 Å². The molecule has 0 aromatic heterocycles. The number of ether oxygens (including phenoxy) is 2. The number of halogens is 1. The summed E-state index contributed by atoms with van der Waals surface area (Å²) in [6.07, 6.45) is 0. The van der Waals surface area contributed by atoms with Crippen molar-refractivity contribution in [1.29, 1.82) is 0 Å². The fourth-order valence-electron chi connectivity index (χ4n) is 2.39. The highest BCUT2D eigenvalue weighted by Gasteiger charge is 2.13. The summed E-state index contributed by atoms with van der Waals surface area (Å²) >= 11 is 3.42. The van der Waals surface area contributed by atoms with Crippen LogP contribution in [0.3, 0.4) is 0 Å². The van der Waals surface area contributed by atoms with E-state index in [-0.39, 0.29) is 5.91 Å². The zero-order chi connectivity index (χ0) is 18.1. The number of methoxy groups -OCH3 is 1. The molecule has 0 heterocycles. The molecular formula is C19H24BrN2O3+. The second-order valence-corrected chi connectivity index (χ2v) is 6.53. The van der Waals surface area contributed by atoms with Gasteiger partial charge in [-0.15, -0.1) is 0 Å². The maximum atomic E-state index is 12.2. The van der Waals surface area contributed by atoms with Crippen LogP contribution in [0.4, 0.5) is 5.69 Å². The van der Waals surface area contributed by atoms with Crippen molar-refractivity contribution in [2.75, 3.05) is 38.7 Å². The lowest BCUT2D eigenvalue weighted by molar-refractivity contribution is -0.889. The van der Waals surface area contributed by atoms with Gasteiger partial charge in [-0.2, -0.15) is 0 Å². The quantitative estimate of drug-likeness (QED) is 0.670. The molecule has 0 aliphatic carbocycles. The lowest BCUT2D eigenvalue weighted by Crippen LogP contribution is -3.13. The molecule has 0 bridgehead atoms. The average molecular weight is 408 g/mol. The monoisotopic (exact) mass is 407 g/mol. The first-order valence-electron chi connectivity index (χ1n) is 8.26. The van der Waals surface area contributed by atoms with Crippen molar-refractivity contribution in [2.45, 2.75) is 6.92 Å². The van der Waals surface area contributed by atoms with E-state index in [1.54, 1.807) is 13.2 Å². The number of nitrogens with one attached hydrogen (secondary N) is 2. The molecule has 25 heavy (non-hydrogen) atoms. The number of likely N-dealkylation sites (N-methyl/N-ethyl adjacent to an activating group) is 1. The zero-order valence-corrected chi connectivity index (χ0v) is 16.1. The minimum absolute atomic E-state index is 0.0208. The fourth-order valence-corrected chi connectivity index (χ4v) is 2.77. The Balaban J connectivity index is 1.79. The summed E-state index contributed by atoms with van der Waals surface area (Å²) in [6.45, 7) is 4.64. The van der Waals surface area contributed by atoms with Crippen molar-refractivity contribution < 1.29 is 19.2 Å². The van der Waals surface area contributed by atoms with Gasteiger partial charge in [-0.25, -0.2) is 0 Å². The van der Waals surface area contributed by atoms with E-state index in [4.69, 9.17) is 9.47 Å². The summed E-state index contributed by atoms with van der Waals surface area (Å²) < 4.78 is 11.9. The average Bonchev–Trinajstić information content (AvgIpc) is 2.61. The van der Waals surface area contributed by atoms with Gasteiger partial charge in [-0.05, 0) is 37.3 Å². The van der Waals surface area contributed by atoms with E-state index in [1.807, 2.05) is 42.5 Å². The Bertz CT molecular complexity index is 694. The molecule has 2 rings (SSSR count). The summed E-state index contributed by atoms with van der Waals surface area (Å²) in [5.41, 5.74) is 0.741. The Morgan fingerprint density at radius 2 is 1.92 bits per heavy atom. The third-order valence-electron chi connectivity index (χ3n) is 3.78. The second kappa shape index (κ2) is 10.1. The van der Waals surface area contributed by atoms with Crippen molar-refractivity contribution in [1.82, 2.24) is 0 Å². The van der Waals surface area contributed by atoms with Gasteiger partial charge in [0, 0.05) is 16.2 Å². The lowest BCUT2D eigenvalue weighted by Gasteiger charge is -2.17. The molecule has 2 N–H and O–H groups in total. The van der Waals surface area contributed by atoms with E-state index in [2.05, 4.69) is 28.2 Å². The topological polar surface area (TPSA) is 52.0 Å². The predicted molar refractivity (Wildman–Crippen MR) is 102 cm³/mol. The van der Waals surface area contributed by atoms with Crippen LogP contribution in [0.15, 0.2) is 53.0 Å². The molecule has 1 unspecified atom stereocenters. The van der Waals surface area contributed by atoms with Crippen molar-refractivity contribution in [3.63, 3.8) is 0 Å². The summed E-state index contributed by atoms with van der Waals surface area (Å²) in [7, 11) is 1.61. The normalized spacial score (nSPS) is 11.6. The molecular weight excluding hydrogens is 384 g/mol. The van der Waals surface area contributed by atoms with Crippen molar-refractivity contribution in [3.05, 3.63) is 53.0 Å². The first-order chi connectivity index (χ1) is 12.1. The van der Waals surface area contributed by atoms with Crippen LogP contribution in [0.2, 0.25) is 0 Å². The van der Waals surface area contributed by atoms with Gasteiger partial charge in [0.15, 0.2) is 6.54 Å². The van der Waals surface area contributed by atoms with Crippen LogP contribution in [0.25, 0.3) is 0 Å². The number of hydrogen-bond acceptors (Lipinski definition) is 3. The van der Waals surface area contributed by atoms with Crippen LogP contribution in [-0.4, -0.2) is 39.3 Å². The number of carbonyl (C=O) groups excluding carboxylic acids is 1. The first kappa shape index (κ1) is 19.3. The Hall–Kier alpha value is -2.05. The van der Waals surface area contributed by atoms with Crippen molar-refractivity contribution in [2.24, 2.45) is 0 Å². The van der Waals surface area contributed by atoms with E-state index in [0.717, 1.165) is 39.6 Å². The minimum Gasteiger partial charge on any atom is -0.497 e. The molecule has 0 aliphatic rings. The Labute approximate surface area is 157 Å². The fraction of sp³-hybridized carbons (Fsp3) is 0.316.